The number of rotatable bonds is 2. The standard InChI is InChI=1S/C10H15NO/c1-5-10(3,4)11-9(12)8-6-7(8)2/h1,7-8H,6H2,2-4H3,(H,11,12). The molecule has 2 heteroatoms. The van der Waals surface area contributed by atoms with Crippen molar-refractivity contribution in [3.8, 4) is 12.3 Å². The Hall–Kier alpha value is -0.970. The average Bonchev–Trinajstić information content (AvgIpc) is 2.66. The third-order valence-corrected chi connectivity index (χ3v) is 2.24. The highest BCUT2D eigenvalue weighted by atomic mass is 16.2. The minimum Gasteiger partial charge on any atom is -0.340 e. The van der Waals surface area contributed by atoms with Crippen molar-refractivity contribution in [2.75, 3.05) is 0 Å². The lowest BCUT2D eigenvalue weighted by atomic mass is 10.1. The Morgan fingerprint density at radius 2 is 2.17 bits per heavy atom. The van der Waals surface area contributed by atoms with Crippen LogP contribution in [0.15, 0.2) is 0 Å². The second-order valence-corrected chi connectivity index (χ2v) is 4.08. The molecule has 0 spiro atoms. The van der Waals surface area contributed by atoms with Crippen molar-refractivity contribution in [3.63, 3.8) is 0 Å². The number of nitrogens with one attached hydrogen (secondary N) is 1. The molecule has 0 heterocycles. The quantitative estimate of drug-likeness (QED) is 0.611. The maximum absolute atomic E-state index is 11.4. The van der Waals surface area contributed by atoms with Gasteiger partial charge in [-0.3, -0.25) is 4.79 Å². The van der Waals surface area contributed by atoms with E-state index in [1.807, 2.05) is 13.8 Å². The summed E-state index contributed by atoms with van der Waals surface area (Å²) in [5.41, 5.74) is -0.501. The maximum atomic E-state index is 11.4. The van der Waals surface area contributed by atoms with E-state index >= 15 is 0 Å². The van der Waals surface area contributed by atoms with Crippen molar-refractivity contribution < 1.29 is 4.79 Å². The van der Waals surface area contributed by atoms with E-state index in [0.717, 1.165) is 6.42 Å². The summed E-state index contributed by atoms with van der Waals surface area (Å²) in [6.07, 6.45) is 6.25. The second kappa shape index (κ2) is 2.82. The Morgan fingerprint density at radius 3 is 2.50 bits per heavy atom. The molecular formula is C10H15NO. The average molecular weight is 165 g/mol. The van der Waals surface area contributed by atoms with Gasteiger partial charge in [0, 0.05) is 5.92 Å². The summed E-state index contributed by atoms with van der Waals surface area (Å²) in [6, 6.07) is 0. The fraction of sp³-hybridized carbons (Fsp3) is 0.700. The largest absolute Gasteiger partial charge is 0.340 e. The summed E-state index contributed by atoms with van der Waals surface area (Å²) >= 11 is 0. The van der Waals surface area contributed by atoms with E-state index in [9.17, 15) is 4.79 Å². The molecule has 1 rings (SSSR count). The molecule has 1 amide bonds. The van der Waals surface area contributed by atoms with Gasteiger partial charge in [0.05, 0.1) is 5.54 Å². The molecule has 0 bridgehead atoms. The lowest BCUT2D eigenvalue weighted by molar-refractivity contribution is -0.123. The van der Waals surface area contributed by atoms with E-state index in [4.69, 9.17) is 6.42 Å². The van der Waals surface area contributed by atoms with E-state index in [1.54, 1.807) is 0 Å². The topological polar surface area (TPSA) is 29.1 Å². The van der Waals surface area contributed by atoms with Crippen LogP contribution < -0.4 is 5.32 Å². The van der Waals surface area contributed by atoms with Crippen LogP contribution >= 0.6 is 0 Å². The fourth-order valence-electron chi connectivity index (χ4n) is 1.12. The lowest BCUT2D eigenvalue weighted by Crippen LogP contribution is -2.43. The highest BCUT2D eigenvalue weighted by molar-refractivity contribution is 5.82. The smallest absolute Gasteiger partial charge is 0.224 e. The van der Waals surface area contributed by atoms with Crippen LogP contribution in [-0.4, -0.2) is 11.4 Å². The third kappa shape index (κ3) is 2.01. The summed E-state index contributed by atoms with van der Waals surface area (Å²) in [5, 5.41) is 2.82. The van der Waals surface area contributed by atoms with Crippen LogP contribution in [0.1, 0.15) is 27.2 Å². The number of carbonyl (C=O) groups is 1. The number of carbonyl (C=O) groups excluding carboxylic acids is 1. The lowest BCUT2D eigenvalue weighted by Gasteiger charge is -2.19. The molecule has 1 fully saturated rings. The van der Waals surface area contributed by atoms with Crippen LogP contribution in [0.4, 0.5) is 0 Å². The summed E-state index contributed by atoms with van der Waals surface area (Å²) in [4.78, 5) is 11.4. The Bertz CT molecular complexity index is 237. The van der Waals surface area contributed by atoms with Crippen LogP contribution in [0, 0.1) is 24.2 Å². The first kappa shape index (κ1) is 9.12. The van der Waals surface area contributed by atoms with E-state index in [-0.39, 0.29) is 11.8 Å². The van der Waals surface area contributed by atoms with Crippen molar-refractivity contribution in [2.24, 2.45) is 11.8 Å². The Kier molecular flexibility index (Phi) is 2.14. The van der Waals surface area contributed by atoms with Crippen molar-refractivity contribution in [1.82, 2.24) is 5.32 Å². The van der Waals surface area contributed by atoms with E-state index in [1.165, 1.54) is 0 Å². The van der Waals surface area contributed by atoms with Gasteiger partial charge in [-0.25, -0.2) is 0 Å². The maximum Gasteiger partial charge on any atom is 0.224 e. The van der Waals surface area contributed by atoms with Crippen LogP contribution in [-0.2, 0) is 4.79 Å². The molecule has 0 radical (unpaired) electrons. The number of terminal acetylenes is 1. The number of amides is 1. The van der Waals surface area contributed by atoms with Gasteiger partial charge in [0.2, 0.25) is 5.91 Å². The summed E-state index contributed by atoms with van der Waals surface area (Å²) < 4.78 is 0. The van der Waals surface area contributed by atoms with E-state index < -0.39 is 5.54 Å². The van der Waals surface area contributed by atoms with Gasteiger partial charge in [-0.2, -0.15) is 0 Å². The van der Waals surface area contributed by atoms with Gasteiger partial charge in [0.25, 0.3) is 0 Å². The van der Waals surface area contributed by atoms with Gasteiger partial charge in [0.1, 0.15) is 0 Å². The van der Waals surface area contributed by atoms with Crippen molar-refractivity contribution in [3.05, 3.63) is 0 Å². The molecule has 1 aliphatic rings. The molecule has 1 aliphatic carbocycles. The monoisotopic (exact) mass is 165 g/mol. The Balaban J connectivity index is 2.43. The van der Waals surface area contributed by atoms with Crippen LogP contribution in [0.2, 0.25) is 0 Å². The molecule has 1 saturated carbocycles. The highest BCUT2D eigenvalue weighted by Gasteiger charge is 2.40. The molecule has 2 unspecified atom stereocenters. The van der Waals surface area contributed by atoms with Crippen molar-refractivity contribution >= 4 is 5.91 Å². The highest BCUT2D eigenvalue weighted by Crippen LogP contribution is 2.37. The predicted molar refractivity (Wildman–Crippen MR) is 48.3 cm³/mol. The number of hydrogen-bond acceptors (Lipinski definition) is 1. The van der Waals surface area contributed by atoms with Gasteiger partial charge in [-0.1, -0.05) is 12.8 Å². The SMILES string of the molecule is C#CC(C)(C)NC(=O)C1CC1C. The van der Waals surface area contributed by atoms with E-state index in [2.05, 4.69) is 18.2 Å². The summed E-state index contributed by atoms with van der Waals surface area (Å²) in [7, 11) is 0. The molecule has 0 aliphatic heterocycles. The molecule has 0 saturated heterocycles. The van der Waals surface area contributed by atoms with Crippen LogP contribution in [0.25, 0.3) is 0 Å². The molecule has 0 aromatic carbocycles. The molecule has 66 valence electrons. The number of hydrogen-bond donors (Lipinski definition) is 1. The summed E-state index contributed by atoms with van der Waals surface area (Å²) in [5.74, 6) is 3.39. The van der Waals surface area contributed by atoms with E-state index in [0.29, 0.717) is 5.92 Å². The molecule has 1 N–H and O–H groups in total. The van der Waals surface area contributed by atoms with Crippen molar-refractivity contribution in [1.29, 1.82) is 0 Å². The molecule has 0 aromatic heterocycles. The summed E-state index contributed by atoms with van der Waals surface area (Å²) in [6.45, 7) is 5.74. The third-order valence-electron chi connectivity index (χ3n) is 2.24. The fourth-order valence-corrected chi connectivity index (χ4v) is 1.12. The van der Waals surface area contributed by atoms with Gasteiger partial charge < -0.3 is 5.32 Å². The molecule has 2 atom stereocenters. The second-order valence-electron chi connectivity index (χ2n) is 4.08. The van der Waals surface area contributed by atoms with Crippen LogP contribution in [0.5, 0.6) is 0 Å². The molecule has 0 aromatic rings. The Labute approximate surface area is 73.7 Å². The molecule has 12 heavy (non-hydrogen) atoms. The van der Waals surface area contributed by atoms with Gasteiger partial charge in [-0.15, -0.1) is 6.42 Å². The van der Waals surface area contributed by atoms with Gasteiger partial charge in [-0.05, 0) is 26.2 Å². The van der Waals surface area contributed by atoms with Gasteiger partial charge in [0.15, 0.2) is 0 Å². The zero-order valence-corrected chi connectivity index (χ0v) is 7.85. The van der Waals surface area contributed by atoms with Gasteiger partial charge >= 0.3 is 0 Å². The first-order chi connectivity index (χ1) is 5.46. The molecule has 2 nitrogen and oxygen atoms in total. The minimum atomic E-state index is -0.501. The molecular weight excluding hydrogens is 150 g/mol. The van der Waals surface area contributed by atoms with Crippen LogP contribution in [0.3, 0.4) is 0 Å². The normalized spacial score (nSPS) is 27.5. The van der Waals surface area contributed by atoms with Crippen molar-refractivity contribution in [2.45, 2.75) is 32.7 Å². The zero-order valence-electron chi connectivity index (χ0n) is 7.85. The first-order valence-electron chi connectivity index (χ1n) is 4.26. The minimum absolute atomic E-state index is 0.102. The Morgan fingerprint density at radius 1 is 1.67 bits per heavy atom. The predicted octanol–water partition coefficient (Wildman–Crippen LogP) is 1.17. The zero-order chi connectivity index (χ0) is 9.35. The first-order valence-corrected chi connectivity index (χ1v) is 4.26.